The van der Waals surface area contributed by atoms with Crippen molar-refractivity contribution in [3.8, 4) is 114 Å². The minimum atomic E-state index is -0.391. The van der Waals surface area contributed by atoms with Gasteiger partial charge < -0.3 is 0 Å². The lowest BCUT2D eigenvalue weighted by Gasteiger charge is -2.31. The summed E-state index contributed by atoms with van der Waals surface area (Å²) < 4.78 is 0. The second-order valence-electron chi connectivity index (χ2n) is 39.1. The lowest BCUT2D eigenvalue weighted by molar-refractivity contribution is -0.108. The van der Waals surface area contributed by atoms with E-state index in [1.807, 2.05) is 72.8 Å². The standard InChI is InChI=1S/2C30H20.C29H18O.C29H24.C29H16/c2*1-3-11-21(12-4-1)23-19-20-24(22-13-5-2-6-14-22)30-28-18-10-8-16-26(28)25-15-7-9-17-27(25)29(23)30;30-29-25(19-11-3-1-4-12-19)27-23-17-9-7-15-21(23)22-16-8-10-18-24(22)28(27)26(29)20-13-5-2-6-14-20;2*1-3-19-13-15-23-24-16-14-20(4-2)18-28(24)29(27(23)17-19)25-11-7-5-9-21(25)22-10-6-8-12-26(22)29/h2*1-20H;1-18H;5-18H,3-4H2,1-2H3;1-2,5-18H. The number of carbonyl (C=O) groups excluding carboxylic acids is 1. The number of rotatable bonds is 8. The van der Waals surface area contributed by atoms with E-state index in [9.17, 15) is 4.79 Å². The Morgan fingerprint density at radius 1 is 0.182 bits per heavy atom. The zero-order valence-corrected chi connectivity index (χ0v) is 82.1. The van der Waals surface area contributed by atoms with Crippen molar-refractivity contribution >= 4 is 103 Å². The minimum Gasteiger partial charge on any atom is -0.289 e. The molecule has 25 aromatic rings. The first-order valence-corrected chi connectivity index (χ1v) is 51.4. The third-order valence-electron chi connectivity index (χ3n) is 31.6. The van der Waals surface area contributed by atoms with Gasteiger partial charge in [0.15, 0.2) is 5.78 Å². The molecule has 0 aliphatic heterocycles. The molecule has 0 saturated heterocycles. The normalized spacial score (nSPS) is 12.8. The SMILES string of the molecule is C#Cc1ccc2c(c1)C1(c3ccccc3-c3ccccc31)c1cc(C#C)ccc1-2.CCc1ccc2c(c1)C1(c3ccccc3-c3ccccc31)c1cc(CC)ccc1-2.O=C1C(c2ccccc2)=c2c(c3ccccc3c3ccccc23)=C1c1ccccc1.c1ccc(-c2ccc(-c3ccccc3)c3c4ccccc4c4ccccc4c23)cc1.c1ccc(-c2ccc(-c3ccccc3)c3c4ccccc4c4ccccc4c23)cc1. The molecule has 0 amide bonds. The van der Waals surface area contributed by atoms with Gasteiger partial charge in [0.1, 0.15) is 0 Å². The van der Waals surface area contributed by atoms with Gasteiger partial charge in [0.25, 0.3) is 0 Å². The topological polar surface area (TPSA) is 17.1 Å². The fraction of sp³-hybridized carbons (Fsp3) is 0.0408. The fourth-order valence-corrected chi connectivity index (χ4v) is 25.3. The monoisotopic (exact) mass is 1880 g/mol. The Hall–Kier alpha value is -18.9. The van der Waals surface area contributed by atoms with Crippen LogP contribution in [0.2, 0.25) is 0 Å². The maximum Gasteiger partial charge on any atom is 0.195 e. The molecule has 148 heavy (non-hydrogen) atoms. The maximum absolute atomic E-state index is 14.0. The molecule has 2 spiro atoms. The zero-order valence-electron chi connectivity index (χ0n) is 82.1. The number of benzene rings is 25. The van der Waals surface area contributed by atoms with Crippen molar-refractivity contribution in [2.24, 2.45) is 0 Å². The zero-order chi connectivity index (χ0) is 99.1. The maximum atomic E-state index is 14.0. The van der Waals surface area contributed by atoms with E-state index in [0.29, 0.717) is 0 Å². The van der Waals surface area contributed by atoms with E-state index < -0.39 is 5.41 Å². The van der Waals surface area contributed by atoms with Gasteiger partial charge in [-0.15, -0.1) is 12.8 Å². The molecule has 0 N–H and O–H groups in total. The molecule has 5 aliphatic carbocycles. The minimum absolute atomic E-state index is 0.101. The number of terminal acetylenes is 2. The summed E-state index contributed by atoms with van der Waals surface area (Å²) >= 11 is 0. The van der Waals surface area contributed by atoms with Gasteiger partial charge in [-0.05, 0) is 279 Å². The van der Waals surface area contributed by atoms with Crippen molar-refractivity contribution in [2.75, 3.05) is 0 Å². The Morgan fingerprint density at radius 2 is 0.378 bits per heavy atom. The van der Waals surface area contributed by atoms with E-state index in [-0.39, 0.29) is 11.2 Å². The van der Waals surface area contributed by atoms with Crippen LogP contribution in [0.4, 0.5) is 0 Å². The van der Waals surface area contributed by atoms with Gasteiger partial charge in [0.2, 0.25) is 0 Å². The number of ketones is 1. The summed E-state index contributed by atoms with van der Waals surface area (Å²) in [6, 6.07) is 187. The predicted molar refractivity (Wildman–Crippen MR) is 623 cm³/mol. The third-order valence-corrected chi connectivity index (χ3v) is 31.6. The molecule has 1 heteroatoms. The van der Waals surface area contributed by atoms with E-state index in [2.05, 4.69) is 475 Å². The average Bonchev–Trinajstić information content (AvgIpc) is 1.51. The van der Waals surface area contributed by atoms with E-state index in [4.69, 9.17) is 12.8 Å². The van der Waals surface area contributed by atoms with Crippen LogP contribution in [0.15, 0.2) is 522 Å². The van der Waals surface area contributed by atoms with Gasteiger partial charge in [-0.25, -0.2) is 0 Å². The van der Waals surface area contributed by atoms with Gasteiger partial charge in [-0.1, -0.05) is 523 Å². The highest BCUT2D eigenvalue weighted by molar-refractivity contribution is 6.45. The molecule has 0 atom stereocenters. The van der Waals surface area contributed by atoms with Crippen LogP contribution < -0.4 is 10.4 Å². The molecule has 0 radical (unpaired) electrons. The Labute approximate surface area is 862 Å². The number of Topliss-reactive ketones (excluding diaryl/α,β-unsaturated/α-hetero) is 1. The number of aryl methyl sites for hydroxylation is 2. The summed E-state index contributed by atoms with van der Waals surface area (Å²) in [6.45, 7) is 4.50. The molecule has 0 saturated carbocycles. The second kappa shape index (κ2) is 37.1. The van der Waals surface area contributed by atoms with Crippen LogP contribution in [-0.4, -0.2) is 5.78 Å². The Bertz CT molecular complexity index is 9140. The number of hydrogen-bond acceptors (Lipinski definition) is 1. The van der Waals surface area contributed by atoms with Crippen molar-refractivity contribution in [3.05, 3.63) is 610 Å². The van der Waals surface area contributed by atoms with Gasteiger partial charge >= 0.3 is 0 Å². The quantitative estimate of drug-likeness (QED) is 0.109. The average molecular weight is 1880 g/mol. The highest BCUT2D eigenvalue weighted by Gasteiger charge is 2.54. The molecule has 0 fully saturated rings. The van der Waals surface area contributed by atoms with Crippen LogP contribution in [0.1, 0.15) is 91.7 Å². The second-order valence-corrected chi connectivity index (χ2v) is 39.1. The Balaban J connectivity index is 0.0000000936. The van der Waals surface area contributed by atoms with Gasteiger partial charge in [-0.2, -0.15) is 0 Å². The summed E-state index contributed by atoms with van der Waals surface area (Å²) in [5, 5.41) is 22.5. The molecular formula is C147H98O. The van der Waals surface area contributed by atoms with Crippen molar-refractivity contribution in [2.45, 2.75) is 37.5 Å². The third kappa shape index (κ3) is 14.2. The fourth-order valence-electron chi connectivity index (χ4n) is 25.3. The van der Waals surface area contributed by atoms with E-state index >= 15 is 0 Å². The highest BCUT2D eigenvalue weighted by atomic mass is 16.1. The summed E-state index contributed by atoms with van der Waals surface area (Å²) in [5.41, 5.74) is 39.1. The lowest BCUT2D eigenvalue weighted by atomic mass is 9.70. The molecule has 692 valence electrons. The first kappa shape index (κ1) is 89.2. The summed E-state index contributed by atoms with van der Waals surface area (Å²) in [4.78, 5) is 14.0. The van der Waals surface area contributed by atoms with Crippen molar-refractivity contribution in [3.63, 3.8) is 0 Å². The Morgan fingerprint density at radius 3 is 0.635 bits per heavy atom. The molecule has 0 heterocycles. The van der Waals surface area contributed by atoms with Crippen LogP contribution in [0.5, 0.6) is 0 Å². The van der Waals surface area contributed by atoms with Gasteiger partial charge in [0.05, 0.1) is 10.8 Å². The van der Waals surface area contributed by atoms with Crippen LogP contribution in [0.3, 0.4) is 0 Å². The molecular weight excluding hydrogens is 1780 g/mol. The Kier molecular flexibility index (Phi) is 22.4. The number of carbonyl (C=O) groups is 1. The van der Waals surface area contributed by atoms with E-state index in [1.165, 1.54) is 220 Å². The molecule has 0 unspecified atom stereocenters. The number of hydrogen-bond donors (Lipinski definition) is 0. The van der Waals surface area contributed by atoms with Crippen LogP contribution in [0.25, 0.3) is 186 Å². The van der Waals surface area contributed by atoms with Crippen LogP contribution >= 0.6 is 0 Å². The molecule has 0 aromatic heterocycles. The van der Waals surface area contributed by atoms with Gasteiger partial charge in [-0.3, -0.25) is 4.79 Å². The predicted octanol–water partition coefficient (Wildman–Crippen LogP) is 35.1. The number of fused-ring (bicyclic) bond motifs is 38. The van der Waals surface area contributed by atoms with Crippen molar-refractivity contribution in [1.29, 1.82) is 0 Å². The van der Waals surface area contributed by atoms with Crippen molar-refractivity contribution < 1.29 is 4.79 Å². The molecule has 5 aliphatic rings. The van der Waals surface area contributed by atoms with Crippen molar-refractivity contribution in [1.82, 2.24) is 0 Å². The van der Waals surface area contributed by atoms with Gasteiger partial charge in [0, 0.05) is 32.7 Å². The first-order chi connectivity index (χ1) is 73.2. The molecule has 1 nitrogen and oxygen atoms in total. The summed E-state index contributed by atoms with van der Waals surface area (Å²) in [5.74, 6) is 5.76. The van der Waals surface area contributed by atoms with Crippen LogP contribution in [-0.2, 0) is 28.5 Å². The molecule has 30 rings (SSSR count). The molecule has 25 aromatic carbocycles. The summed E-state index contributed by atoms with van der Waals surface area (Å²) in [7, 11) is 0. The summed E-state index contributed by atoms with van der Waals surface area (Å²) in [6.07, 6.45) is 13.7. The molecule has 0 bridgehead atoms. The largest absolute Gasteiger partial charge is 0.289 e. The highest BCUT2D eigenvalue weighted by Crippen LogP contribution is 2.65. The lowest BCUT2D eigenvalue weighted by Crippen LogP contribution is -2.27. The van der Waals surface area contributed by atoms with E-state index in [1.54, 1.807) is 0 Å². The van der Waals surface area contributed by atoms with Crippen LogP contribution in [0, 0.1) is 24.7 Å². The smallest absolute Gasteiger partial charge is 0.195 e. The first-order valence-electron chi connectivity index (χ1n) is 51.4. The van der Waals surface area contributed by atoms with E-state index in [0.717, 1.165) is 67.5 Å².